The van der Waals surface area contributed by atoms with Crippen molar-refractivity contribution in [3.05, 3.63) is 36.0 Å². The highest BCUT2D eigenvalue weighted by Gasteiger charge is 2.12. The fourth-order valence-corrected chi connectivity index (χ4v) is 1.48. The summed E-state index contributed by atoms with van der Waals surface area (Å²) in [5.74, 6) is 0.452. The Kier molecular flexibility index (Phi) is 3.66. The lowest BCUT2D eigenvalue weighted by Gasteiger charge is -2.17. The van der Waals surface area contributed by atoms with Crippen LogP contribution in [-0.2, 0) is 13.1 Å². The van der Waals surface area contributed by atoms with Crippen LogP contribution in [0.5, 0.6) is 0 Å². The molecule has 0 fully saturated rings. The molecule has 0 spiro atoms. The lowest BCUT2D eigenvalue weighted by molar-refractivity contribution is 0.485. The average Bonchev–Trinajstić information content (AvgIpc) is 2.86. The zero-order chi connectivity index (χ0) is 12.1. The van der Waals surface area contributed by atoms with Gasteiger partial charge in [0.2, 0.25) is 5.89 Å². The Balaban J connectivity index is 2.11. The Morgan fingerprint density at radius 3 is 2.65 bits per heavy atom. The van der Waals surface area contributed by atoms with E-state index >= 15 is 0 Å². The SMILES string of the molecule is CCN(Cc1ccncc1)c1nnc(CN)o1. The largest absolute Gasteiger partial charge is 0.407 e. The number of pyridine rings is 1. The van der Waals surface area contributed by atoms with Crippen molar-refractivity contribution in [1.82, 2.24) is 15.2 Å². The highest BCUT2D eigenvalue weighted by Crippen LogP contribution is 2.14. The number of rotatable bonds is 5. The first-order valence-electron chi connectivity index (χ1n) is 5.49. The zero-order valence-corrected chi connectivity index (χ0v) is 9.71. The summed E-state index contributed by atoms with van der Waals surface area (Å²) in [4.78, 5) is 5.97. The van der Waals surface area contributed by atoms with E-state index in [0.717, 1.165) is 12.1 Å². The van der Waals surface area contributed by atoms with Crippen LogP contribution in [0.2, 0.25) is 0 Å². The van der Waals surface area contributed by atoms with Crippen molar-refractivity contribution in [1.29, 1.82) is 0 Å². The molecule has 0 aliphatic carbocycles. The van der Waals surface area contributed by atoms with Crippen LogP contribution in [0.25, 0.3) is 0 Å². The third-order valence-electron chi connectivity index (χ3n) is 2.41. The van der Waals surface area contributed by atoms with Gasteiger partial charge in [0, 0.05) is 25.5 Å². The monoisotopic (exact) mass is 233 g/mol. The molecule has 2 aromatic heterocycles. The first-order valence-corrected chi connectivity index (χ1v) is 5.49. The zero-order valence-electron chi connectivity index (χ0n) is 9.71. The van der Waals surface area contributed by atoms with Crippen molar-refractivity contribution < 1.29 is 4.42 Å². The van der Waals surface area contributed by atoms with Crippen molar-refractivity contribution in [2.45, 2.75) is 20.0 Å². The van der Waals surface area contributed by atoms with Gasteiger partial charge in [-0.2, -0.15) is 0 Å². The highest BCUT2D eigenvalue weighted by atomic mass is 16.4. The number of aromatic nitrogens is 3. The Morgan fingerprint density at radius 2 is 2.06 bits per heavy atom. The molecule has 2 heterocycles. The van der Waals surface area contributed by atoms with Gasteiger partial charge in [-0.15, -0.1) is 5.10 Å². The summed E-state index contributed by atoms with van der Waals surface area (Å²) in [5.41, 5.74) is 6.58. The fourth-order valence-electron chi connectivity index (χ4n) is 1.48. The second-order valence-electron chi connectivity index (χ2n) is 3.55. The smallest absolute Gasteiger partial charge is 0.318 e. The van der Waals surface area contributed by atoms with E-state index in [-0.39, 0.29) is 6.54 Å². The third-order valence-corrected chi connectivity index (χ3v) is 2.41. The highest BCUT2D eigenvalue weighted by molar-refractivity contribution is 5.27. The van der Waals surface area contributed by atoms with Gasteiger partial charge >= 0.3 is 6.01 Å². The minimum Gasteiger partial charge on any atom is -0.407 e. The number of nitrogens with two attached hydrogens (primary N) is 1. The summed E-state index contributed by atoms with van der Waals surface area (Å²) >= 11 is 0. The van der Waals surface area contributed by atoms with E-state index < -0.39 is 0 Å². The molecule has 2 rings (SSSR count). The third kappa shape index (κ3) is 2.79. The molecule has 90 valence electrons. The van der Waals surface area contributed by atoms with Crippen molar-refractivity contribution in [2.24, 2.45) is 5.73 Å². The molecule has 6 nitrogen and oxygen atoms in total. The van der Waals surface area contributed by atoms with Crippen molar-refractivity contribution in [3.63, 3.8) is 0 Å². The van der Waals surface area contributed by atoms with Crippen LogP contribution in [0.1, 0.15) is 18.4 Å². The lowest BCUT2D eigenvalue weighted by Crippen LogP contribution is -2.22. The summed E-state index contributed by atoms with van der Waals surface area (Å²) in [6, 6.07) is 4.43. The molecule has 0 atom stereocenters. The topological polar surface area (TPSA) is 81.1 Å². The van der Waals surface area contributed by atoms with Crippen LogP contribution in [-0.4, -0.2) is 21.7 Å². The molecule has 0 saturated heterocycles. The Hall–Kier alpha value is -1.95. The van der Waals surface area contributed by atoms with Crippen molar-refractivity contribution in [2.75, 3.05) is 11.4 Å². The molecule has 0 aliphatic rings. The normalized spacial score (nSPS) is 10.5. The quantitative estimate of drug-likeness (QED) is 0.828. The summed E-state index contributed by atoms with van der Waals surface area (Å²) in [6.45, 7) is 3.80. The first kappa shape index (κ1) is 11.5. The van der Waals surface area contributed by atoms with E-state index in [1.807, 2.05) is 24.0 Å². The minimum absolute atomic E-state index is 0.264. The molecule has 0 bridgehead atoms. The minimum atomic E-state index is 0.264. The molecule has 0 aliphatic heterocycles. The second kappa shape index (κ2) is 5.40. The van der Waals surface area contributed by atoms with Gasteiger partial charge in [0.05, 0.1) is 6.54 Å². The van der Waals surface area contributed by atoms with Crippen LogP contribution < -0.4 is 10.6 Å². The van der Waals surface area contributed by atoms with E-state index in [0.29, 0.717) is 18.5 Å². The van der Waals surface area contributed by atoms with Gasteiger partial charge < -0.3 is 15.1 Å². The summed E-state index contributed by atoms with van der Waals surface area (Å²) < 4.78 is 5.42. The Bertz CT molecular complexity index is 456. The van der Waals surface area contributed by atoms with Gasteiger partial charge in [-0.05, 0) is 24.6 Å². The molecular formula is C11H15N5O. The van der Waals surface area contributed by atoms with Crippen LogP contribution in [0.4, 0.5) is 6.01 Å². The van der Waals surface area contributed by atoms with E-state index in [9.17, 15) is 0 Å². The molecule has 0 saturated carbocycles. The molecular weight excluding hydrogens is 218 g/mol. The molecule has 0 aromatic carbocycles. The molecule has 0 unspecified atom stereocenters. The summed E-state index contributed by atoms with van der Waals surface area (Å²) in [5, 5.41) is 7.82. The maximum absolute atomic E-state index is 5.43. The number of nitrogens with zero attached hydrogens (tertiary/aromatic N) is 4. The van der Waals surface area contributed by atoms with Crippen LogP contribution >= 0.6 is 0 Å². The van der Waals surface area contributed by atoms with E-state index in [2.05, 4.69) is 15.2 Å². The van der Waals surface area contributed by atoms with Crippen LogP contribution in [0.3, 0.4) is 0 Å². The average molecular weight is 233 g/mol. The van der Waals surface area contributed by atoms with E-state index in [1.165, 1.54) is 0 Å². The van der Waals surface area contributed by atoms with Gasteiger partial charge in [-0.1, -0.05) is 5.10 Å². The van der Waals surface area contributed by atoms with Gasteiger partial charge in [0.1, 0.15) is 0 Å². The van der Waals surface area contributed by atoms with Gasteiger partial charge in [-0.3, -0.25) is 4.98 Å². The maximum Gasteiger partial charge on any atom is 0.318 e. The van der Waals surface area contributed by atoms with Crippen LogP contribution in [0.15, 0.2) is 28.9 Å². The van der Waals surface area contributed by atoms with Gasteiger partial charge in [0.15, 0.2) is 0 Å². The predicted molar refractivity (Wildman–Crippen MR) is 63.2 cm³/mol. The predicted octanol–water partition coefficient (Wildman–Crippen LogP) is 0.950. The summed E-state index contributed by atoms with van der Waals surface area (Å²) in [7, 11) is 0. The van der Waals surface area contributed by atoms with Crippen molar-refractivity contribution in [3.8, 4) is 0 Å². The Labute approximate surface area is 99.5 Å². The molecule has 2 N–H and O–H groups in total. The Morgan fingerprint density at radius 1 is 1.29 bits per heavy atom. The molecule has 0 amide bonds. The van der Waals surface area contributed by atoms with E-state index in [4.69, 9.17) is 10.2 Å². The maximum atomic E-state index is 5.43. The van der Waals surface area contributed by atoms with Crippen molar-refractivity contribution >= 4 is 6.01 Å². The van der Waals surface area contributed by atoms with Gasteiger partial charge in [0.25, 0.3) is 0 Å². The fraction of sp³-hybridized carbons (Fsp3) is 0.364. The van der Waals surface area contributed by atoms with Crippen LogP contribution in [0, 0.1) is 0 Å². The second-order valence-corrected chi connectivity index (χ2v) is 3.55. The number of hydrogen-bond acceptors (Lipinski definition) is 6. The van der Waals surface area contributed by atoms with Gasteiger partial charge in [-0.25, -0.2) is 0 Å². The molecule has 6 heteroatoms. The first-order chi connectivity index (χ1) is 8.33. The van der Waals surface area contributed by atoms with E-state index in [1.54, 1.807) is 12.4 Å². The molecule has 17 heavy (non-hydrogen) atoms. The number of hydrogen-bond donors (Lipinski definition) is 1. The standard InChI is InChI=1S/C11H15N5O/c1-2-16(8-9-3-5-13-6-4-9)11-15-14-10(7-12)17-11/h3-6H,2,7-8,12H2,1H3. The molecule has 2 aromatic rings. The summed E-state index contributed by atoms with van der Waals surface area (Å²) in [6.07, 6.45) is 3.53. The number of anilines is 1. The lowest BCUT2D eigenvalue weighted by atomic mass is 10.2. The molecule has 0 radical (unpaired) electrons.